The Balaban J connectivity index is 2.03. The highest BCUT2D eigenvalue weighted by Crippen LogP contribution is 2.33. The Bertz CT molecular complexity index is 333. The number of rotatable bonds is 4. The quantitative estimate of drug-likeness (QED) is 0.767. The van der Waals surface area contributed by atoms with Gasteiger partial charge >= 0.3 is 0 Å². The molecule has 1 atom stereocenters. The first kappa shape index (κ1) is 10.5. The lowest BCUT2D eigenvalue weighted by Crippen LogP contribution is -1.97. The monoisotopic (exact) mass is 206 g/mol. The highest BCUT2D eigenvalue weighted by Gasteiger charge is 2.20. The molecule has 2 heteroatoms. The van der Waals surface area contributed by atoms with Crippen LogP contribution in [0, 0.1) is 0 Å². The summed E-state index contributed by atoms with van der Waals surface area (Å²) in [5.74, 6) is 0.941. The predicted molar refractivity (Wildman–Crippen MR) is 60.1 cm³/mol. The van der Waals surface area contributed by atoms with Gasteiger partial charge in [0.05, 0.1) is 12.7 Å². The fraction of sp³-hybridized carbons (Fsp3) is 0.538. The molecule has 0 aromatic heterocycles. The molecule has 1 N–H and O–H groups in total. The number of benzene rings is 1. The van der Waals surface area contributed by atoms with Crippen LogP contribution in [0.25, 0.3) is 0 Å². The first-order chi connectivity index (χ1) is 7.31. The zero-order valence-electron chi connectivity index (χ0n) is 9.20. The van der Waals surface area contributed by atoms with Crippen LogP contribution in [0.2, 0.25) is 0 Å². The van der Waals surface area contributed by atoms with E-state index in [-0.39, 0.29) is 6.10 Å². The van der Waals surface area contributed by atoms with Crippen molar-refractivity contribution in [2.45, 2.75) is 38.7 Å². The summed E-state index contributed by atoms with van der Waals surface area (Å²) in [5, 5.41) is 9.65. The van der Waals surface area contributed by atoms with E-state index in [4.69, 9.17) is 4.74 Å². The Labute approximate surface area is 90.9 Å². The summed E-state index contributed by atoms with van der Waals surface area (Å²) < 4.78 is 5.63. The predicted octanol–water partition coefficient (Wildman–Crippen LogP) is 2.85. The lowest BCUT2D eigenvalue weighted by Gasteiger charge is -2.08. The van der Waals surface area contributed by atoms with Crippen LogP contribution in [0.1, 0.15) is 43.4 Å². The standard InChI is InChI=1S/C13H18O2/c1-2-3-8-15-11-5-6-12-10(9-11)4-7-13(12)14/h5-6,9,13-14H,2-4,7-8H2,1H3. The molecule has 1 aliphatic carbocycles. The molecule has 1 aromatic carbocycles. The van der Waals surface area contributed by atoms with E-state index >= 15 is 0 Å². The second-order valence-corrected chi connectivity index (χ2v) is 4.12. The van der Waals surface area contributed by atoms with Crippen LogP contribution in [0.3, 0.4) is 0 Å². The van der Waals surface area contributed by atoms with Gasteiger partial charge in [0.25, 0.3) is 0 Å². The summed E-state index contributed by atoms with van der Waals surface area (Å²) in [4.78, 5) is 0. The minimum atomic E-state index is -0.260. The Morgan fingerprint density at radius 3 is 3.13 bits per heavy atom. The average molecular weight is 206 g/mol. The molecule has 1 unspecified atom stereocenters. The van der Waals surface area contributed by atoms with Gasteiger partial charge in [0.1, 0.15) is 5.75 Å². The highest BCUT2D eigenvalue weighted by atomic mass is 16.5. The van der Waals surface area contributed by atoms with Crippen LogP contribution >= 0.6 is 0 Å². The Morgan fingerprint density at radius 1 is 1.47 bits per heavy atom. The van der Waals surface area contributed by atoms with E-state index in [1.807, 2.05) is 12.1 Å². The maximum absolute atomic E-state index is 9.65. The van der Waals surface area contributed by atoms with Gasteiger partial charge in [-0.15, -0.1) is 0 Å². The number of ether oxygens (including phenoxy) is 1. The van der Waals surface area contributed by atoms with Gasteiger partial charge in [-0.05, 0) is 42.5 Å². The molecule has 1 aliphatic rings. The van der Waals surface area contributed by atoms with Crippen LogP contribution in [-0.4, -0.2) is 11.7 Å². The molecule has 0 bridgehead atoms. The molecule has 1 aromatic rings. The third-order valence-corrected chi connectivity index (χ3v) is 2.93. The number of hydrogen-bond donors (Lipinski definition) is 1. The van der Waals surface area contributed by atoms with E-state index in [0.29, 0.717) is 0 Å². The second kappa shape index (κ2) is 4.67. The molecule has 0 saturated heterocycles. The van der Waals surface area contributed by atoms with E-state index in [1.54, 1.807) is 0 Å². The van der Waals surface area contributed by atoms with E-state index in [9.17, 15) is 5.11 Å². The summed E-state index contributed by atoms with van der Waals surface area (Å²) in [5.41, 5.74) is 2.33. The number of aliphatic hydroxyl groups excluding tert-OH is 1. The zero-order valence-corrected chi connectivity index (χ0v) is 9.20. The van der Waals surface area contributed by atoms with Gasteiger partial charge in [-0.25, -0.2) is 0 Å². The van der Waals surface area contributed by atoms with Crippen molar-refractivity contribution in [1.29, 1.82) is 0 Å². The first-order valence-corrected chi connectivity index (χ1v) is 5.75. The molecule has 82 valence electrons. The summed E-state index contributed by atoms with van der Waals surface area (Å²) in [6.45, 7) is 2.94. The van der Waals surface area contributed by atoms with Gasteiger partial charge in [-0.3, -0.25) is 0 Å². The Hall–Kier alpha value is -1.02. The van der Waals surface area contributed by atoms with Gasteiger partial charge in [-0.1, -0.05) is 19.4 Å². The summed E-state index contributed by atoms with van der Waals surface area (Å²) in [6, 6.07) is 6.03. The van der Waals surface area contributed by atoms with Gasteiger partial charge in [0, 0.05) is 0 Å². The number of aliphatic hydroxyl groups is 1. The summed E-state index contributed by atoms with van der Waals surface area (Å²) in [7, 11) is 0. The van der Waals surface area contributed by atoms with E-state index in [1.165, 1.54) is 5.56 Å². The number of aryl methyl sites for hydroxylation is 1. The van der Waals surface area contributed by atoms with Crippen molar-refractivity contribution >= 4 is 0 Å². The number of fused-ring (bicyclic) bond motifs is 1. The SMILES string of the molecule is CCCCOc1ccc2c(c1)CCC2O. The van der Waals surface area contributed by atoms with Crippen LogP contribution in [0.5, 0.6) is 5.75 Å². The molecule has 0 fully saturated rings. The lowest BCUT2D eigenvalue weighted by molar-refractivity contribution is 0.180. The minimum Gasteiger partial charge on any atom is -0.494 e. The van der Waals surface area contributed by atoms with Crippen LogP contribution in [-0.2, 0) is 6.42 Å². The van der Waals surface area contributed by atoms with E-state index < -0.39 is 0 Å². The molecular formula is C13H18O2. The van der Waals surface area contributed by atoms with Crippen molar-refractivity contribution in [2.24, 2.45) is 0 Å². The third kappa shape index (κ3) is 2.32. The topological polar surface area (TPSA) is 29.5 Å². The number of unbranched alkanes of at least 4 members (excludes halogenated alkanes) is 1. The van der Waals surface area contributed by atoms with Gasteiger partial charge < -0.3 is 9.84 Å². The first-order valence-electron chi connectivity index (χ1n) is 5.75. The van der Waals surface area contributed by atoms with Crippen LogP contribution < -0.4 is 4.74 Å². The molecule has 15 heavy (non-hydrogen) atoms. The Morgan fingerprint density at radius 2 is 2.33 bits per heavy atom. The molecule has 0 radical (unpaired) electrons. The van der Waals surface area contributed by atoms with Crippen LogP contribution in [0.15, 0.2) is 18.2 Å². The van der Waals surface area contributed by atoms with Crippen molar-refractivity contribution in [1.82, 2.24) is 0 Å². The van der Waals surface area contributed by atoms with Crippen LogP contribution in [0.4, 0.5) is 0 Å². The lowest BCUT2D eigenvalue weighted by atomic mass is 10.1. The Kier molecular flexibility index (Phi) is 3.27. The van der Waals surface area contributed by atoms with Crippen molar-refractivity contribution in [3.05, 3.63) is 29.3 Å². The second-order valence-electron chi connectivity index (χ2n) is 4.12. The zero-order chi connectivity index (χ0) is 10.7. The molecule has 0 heterocycles. The van der Waals surface area contributed by atoms with Crippen molar-refractivity contribution in [2.75, 3.05) is 6.61 Å². The molecule has 0 amide bonds. The maximum Gasteiger partial charge on any atom is 0.119 e. The molecule has 2 nitrogen and oxygen atoms in total. The molecule has 2 rings (SSSR count). The fourth-order valence-electron chi connectivity index (χ4n) is 2.00. The molecular weight excluding hydrogens is 188 g/mol. The molecule has 0 spiro atoms. The summed E-state index contributed by atoms with van der Waals surface area (Å²) in [6.07, 6.45) is 3.82. The largest absolute Gasteiger partial charge is 0.494 e. The smallest absolute Gasteiger partial charge is 0.119 e. The highest BCUT2D eigenvalue weighted by molar-refractivity contribution is 5.39. The van der Waals surface area contributed by atoms with Gasteiger partial charge in [-0.2, -0.15) is 0 Å². The van der Waals surface area contributed by atoms with Gasteiger partial charge in [0.15, 0.2) is 0 Å². The average Bonchev–Trinajstić information content (AvgIpc) is 2.61. The minimum absolute atomic E-state index is 0.260. The van der Waals surface area contributed by atoms with Crippen molar-refractivity contribution in [3.63, 3.8) is 0 Å². The van der Waals surface area contributed by atoms with E-state index in [2.05, 4.69) is 13.0 Å². The number of hydrogen-bond acceptors (Lipinski definition) is 2. The fourth-order valence-corrected chi connectivity index (χ4v) is 2.00. The van der Waals surface area contributed by atoms with Crippen molar-refractivity contribution < 1.29 is 9.84 Å². The maximum atomic E-state index is 9.65. The normalized spacial score (nSPS) is 18.9. The van der Waals surface area contributed by atoms with E-state index in [0.717, 1.165) is 43.6 Å². The third-order valence-electron chi connectivity index (χ3n) is 2.93. The molecule has 0 aliphatic heterocycles. The molecule has 0 saturated carbocycles. The summed E-state index contributed by atoms with van der Waals surface area (Å²) >= 11 is 0. The van der Waals surface area contributed by atoms with Gasteiger partial charge in [0.2, 0.25) is 0 Å². The van der Waals surface area contributed by atoms with Crippen molar-refractivity contribution in [3.8, 4) is 5.75 Å².